The standard InChI is InChI=1S/C47H43N/c1-34-33-40(36-17-7-3-8-18-36)29-32-45(34)48(41-30-27-37(28-31-41)35-15-5-2-6-16-35)46-26-12-11-23-43(46)44-25-14-22-39-21-13-24-42(47(39)44)38-19-9-4-10-20-38/h2-3,5-8,11-18,21-34,38,45H,4,9-10,19-20H2,1H3. The molecule has 6 aromatic carbocycles. The summed E-state index contributed by atoms with van der Waals surface area (Å²) < 4.78 is 0. The highest BCUT2D eigenvalue weighted by molar-refractivity contribution is 6.02. The Hall–Kier alpha value is -5.14. The Labute approximate surface area is 285 Å². The highest BCUT2D eigenvalue weighted by Gasteiger charge is 2.29. The van der Waals surface area contributed by atoms with Gasteiger partial charge < -0.3 is 4.90 Å². The first-order valence-electron chi connectivity index (χ1n) is 17.8. The Balaban J connectivity index is 1.28. The minimum Gasteiger partial charge on any atom is -0.333 e. The van der Waals surface area contributed by atoms with E-state index in [2.05, 4.69) is 176 Å². The van der Waals surface area contributed by atoms with Crippen molar-refractivity contribution < 1.29 is 0 Å². The van der Waals surface area contributed by atoms with Crippen LogP contribution in [0, 0.1) is 5.92 Å². The van der Waals surface area contributed by atoms with Crippen molar-refractivity contribution in [2.75, 3.05) is 4.90 Å². The van der Waals surface area contributed by atoms with Crippen molar-refractivity contribution in [3.63, 3.8) is 0 Å². The zero-order valence-corrected chi connectivity index (χ0v) is 27.8. The minimum atomic E-state index is 0.147. The molecule has 1 fully saturated rings. The molecule has 0 aliphatic heterocycles. The van der Waals surface area contributed by atoms with Gasteiger partial charge in [0.1, 0.15) is 0 Å². The number of para-hydroxylation sites is 1. The second-order valence-corrected chi connectivity index (χ2v) is 13.6. The third kappa shape index (κ3) is 5.90. The van der Waals surface area contributed by atoms with Crippen LogP contribution in [0.3, 0.4) is 0 Å². The Morgan fingerprint density at radius 2 is 1.17 bits per heavy atom. The molecular formula is C47H43N. The predicted molar refractivity (Wildman–Crippen MR) is 206 cm³/mol. The number of fused-ring (bicyclic) bond motifs is 1. The summed E-state index contributed by atoms with van der Waals surface area (Å²) in [4.78, 5) is 2.59. The molecule has 0 heterocycles. The summed E-state index contributed by atoms with van der Waals surface area (Å²) in [6.07, 6.45) is 13.8. The monoisotopic (exact) mass is 621 g/mol. The number of nitrogens with zero attached hydrogens (tertiary/aromatic N) is 1. The van der Waals surface area contributed by atoms with Crippen LogP contribution in [0.25, 0.3) is 38.6 Å². The molecule has 0 N–H and O–H groups in total. The number of rotatable bonds is 7. The van der Waals surface area contributed by atoms with Crippen LogP contribution in [0.5, 0.6) is 0 Å². The molecule has 236 valence electrons. The van der Waals surface area contributed by atoms with Crippen LogP contribution in [-0.4, -0.2) is 6.04 Å². The summed E-state index contributed by atoms with van der Waals surface area (Å²) in [6, 6.07) is 53.8. The summed E-state index contributed by atoms with van der Waals surface area (Å²) in [5.74, 6) is 0.914. The number of hydrogen-bond donors (Lipinski definition) is 0. The summed E-state index contributed by atoms with van der Waals surface area (Å²) in [7, 11) is 0. The molecule has 0 saturated heterocycles. The minimum absolute atomic E-state index is 0.147. The van der Waals surface area contributed by atoms with Gasteiger partial charge in [0.15, 0.2) is 0 Å². The largest absolute Gasteiger partial charge is 0.333 e. The topological polar surface area (TPSA) is 3.24 Å². The first kappa shape index (κ1) is 30.2. The maximum Gasteiger partial charge on any atom is 0.0586 e. The zero-order chi connectivity index (χ0) is 32.3. The Kier molecular flexibility index (Phi) is 8.52. The lowest BCUT2D eigenvalue weighted by molar-refractivity contribution is 0.445. The Bertz CT molecular complexity index is 2060. The van der Waals surface area contributed by atoms with Gasteiger partial charge in [0.2, 0.25) is 0 Å². The van der Waals surface area contributed by atoms with Crippen molar-refractivity contribution in [2.24, 2.45) is 5.92 Å². The van der Waals surface area contributed by atoms with Crippen molar-refractivity contribution in [3.8, 4) is 22.3 Å². The van der Waals surface area contributed by atoms with Gasteiger partial charge in [-0.2, -0.15) is 0 Å². The first-order chi connectivity index (χ1) is 23.7. The van der Waals surface area contributed by atoms with Gasteiger partial charge in [-0.3, -0.25) is 0 Å². The van der Waals surface area contributed by atoms with E-state index in [9.17, 15) is 0 Å². The molecule has 2 unspecified atom stereocenters. The van der Waals surface area contributed by atoms with Gasteiger partial charge in [-0.15, -0.1) is 0 Å². The SMILES string of the molecule is CC1C=C(c2ccccc2)C=CC1N(c1ccc(-c2ccccc2)cc1)c1ccccc1-c1cccc2cccc(C3CCCCC3)c12. The van der Waals surface area contributed by atoms with Crippen LogP contribution >= 0.6 is 0 Å². The predicted octanol–water partition coefficient (Wildman–Crippen LogP) is 13.0. The molecule has 8 rings (SSSR count). The molecule has 6 aromatic rings. The highest BCUT2D eigenvalue weighted by atomic mass is 15.2. The fourth-order valence-electron chi connectivity index (χ4n) is 8.14. The highest BCUT2D eigenvalue weighted by Crippen LogP contribution is 2.45. The van der Waals surface area contributed by atoms with E-state index in [0.29, 0.717) is 5.92 Å². The van der Waals surface area contributed by atoms with Gasteiger partial charge in [-0.1, -0.05) is 172 Å². The van der Waals surface area contributed by atoms with Crippen molar-refractivity contribution in [3.05, 3.63) is 175 Å². The van der Waals surface area contributed by atoms with Gasteiger partial charge in [-0.05, 0) is 87.0 Å². The lowest BCUT2D eigenvalue weighted by atomic mass is 9.80. The lowest BCUT2D eigenvalue weighted by Gasteiger charge is -2.38. The van der Waals surface area contributed by atoms with Crippen LogP contribution in [0.1, 0.15) is 56.1 Å². The van der Waals surface area contributed by atoms with E-state index in [4.69, 9.17) is 0 Å². The average molecular weight is 622 g/mol. The quantitative estimate of drug-likeness (QED) is 0.171. The van der Waals surface area contributed by atoms with Crippen molar-refractivity contribution in [2.45, 2.75) is 51.0 Å². The number of allylic oxidation sites excluding steroid dienone is 2. The molecule has 1 nitrogen and oxygen atoms in total. The fraction of sp³-hybridized carbons (Fsp3) is 0.191. The van der Waals surface area contributed by atoms with Gasteiger partial charge in [0, 0.05) is 16.9 Å². The van der Waals surface area contributed by atoms with Crippen LogP contribution < -0.4 is 4.90 Å². The van der Waals surface area contributed by atoms with E-state index in [0.717, 1.165) is 0 Å². The van der Waals surface area contributed by atoms with E-state index >= 15 is 0 Å². The fourth-order valence-corrected chi connectivity index (χ4v) is 8.14. The summed E-state index contributed by atoms with van der Waals surface area (Å²) in [6.45, 7) is 2.37. The van der Waals surface area contributed by atoms with Crippen LogP contribution in [0.4, 0.5) is 11.4 Å². The van der Waals surface area contributed by atoms with Crippen LogP contribution in [-0.2, 0) is 0 Å². The smallest absolute Gasteiger partial charge is 0.0586 e. The summed E-state index contributed by atoms with van der Waals surface area (Å²) in [5.41, 5.74) is 11.6. The van der Waals surface area contributed by atoms with Crippen LogP contribution in [0.15, 0.2) is 164 Å². The molecule has 2 aliphatic carbocycles. The van der Waals surface area contributed by atoms with Crippen molar-refractivity contribution >= 4 is 27.7 Å². The second-order valence-electron chi connectivity index (χ2n) is 13.6. The molecule has 0 spiro atoms. The maximum absolute atomic E-state index is 2.59. The molecular weight excluding hydrogens is 579 g/mol. The lowest BCUT2D eigenvalue weighted by Crippen LogP contribution is -2.35. The van der Waals surface area contributed by atoms with Gasteiger partial charge >= 0.3 is 0 Å². The third-order valence-electron chi connectivity index (χ3n) is 10.5. The number of anilines is 2. The average Bonchev–Trinajstić information content (AvgIpc) is 3.16. The van der Waals surface area contributed by atoms with E-state index in [1.807, 2.05) is 0 Å². The number of benzene rings is 6. The molecule has 48 heavy (non-hydrogen) atoms. The molecule has 2 atom stereocenters. The van der Waals surface area contributed by atoms with Crippen molar-refractivity contribution in [1.29, 1.82) is 0 Å². The molecule has 0 aromatic heterocycles. The Morgan fingerprint density at radius 3 is 1.90 bits per heavy atom. The molecule has 1 heteroatoms. The van der Waals surface area contributed by atoms with E-state index < -0.39 is 0 Å². The molecule has 0 bridgehead atoms. The molecule has 2 aliphatic rings. The third-order valence-corrected chi connectivity index (χ3v) is 10.5. The molecule has 0 amide bonds. The summed E-state index contributed by atoms with van der Waals surface area (Å²) >= 11 is 0. The van der Waals surface area contributed by atoms with E-state index in [1.54, 1.807) is 0 Å². The summed E-state index contributed by atoms with van der Waals surface area (Å²) in [5, 5.41) is 2.77. The van der Waals surface area contributed by atoms with Gasteiger partial charge in [0.25, 0.3) is 0 Å². The normalized spacial score (nSPS) is 18.1. The molecule has 0 radical (unpaired) electrons. The van der Waals surface area contributed by atoms with E-state index in [1.165, 1.54) is 93.2 Å². The number of hydrogen-bond acceptors (Lipinski definition) is 1. The van der Waals surface area contributed by atoms with E-state index in [-0.39, 0.29) is 12.0 Å². The van der Waals surface area contributed by atoms with Crippen LogP contribution in [0.2, 0.25) is 0 Å². The molecule has 1 saturated carbocycles. The Morgan fingerprint density at radius 1 is 0.542 bits per heavy atom. The van der Waals surface area contributed by atoms with Crippen molar-refractivity contribution in [1.82, 2.24) is 0 Å². The second kappa shape index (κ2) is 13.5. The zero-order valence-electron chi connectivity index (χ0n) is 27.8. The van der Waals surface area contributed by atoms with Gasteiger partial charge in [-0.25, -0.2) is 0 Å². The van der Waals surface area contributed by atoms with Gasteiger partial charge in [0.05, 0.1) is 6.04 Å². The maximum atomic E-state index is 2.59. The first-order valence-corrected chi connectivity index (χ1v) is 17.8.